The minimum atomic E-state index is -0.984. The van der Waals surface area contributed by atoms with Gasteiger partial charge in [0.05, 0.1) is 11.3 Å². The Hall–Kier alpha value is -1.69. The summed E-state index contributed by atoms with van der Waals surface area (Å²) >= 11 is 0. The first-order valence-electron chi connectivity index (χ1n) is 6.34. The molecule has 6 heteroatoms. The fraction of sp³-hybridized carbons (Fsp3) is 0.615. The van der Waals surface area contributed by atoms with E-state index in [0.717, 1.165) is 19.6 Å². The maximum absolute atomic E-state index is 11.0. The zero-order valence-electron chi connectivity index (χ0n) is 11.8. The van der Waals surface area contributed by atoms with Crippen molar-refractivity contribution in [1.82, 2.24) is 14.9 Å². The standard InChI is InChI=1S/C13H20N4O2/c1-9-10(11(18)19)7-14-12(15-9)17-6-5-16(4)13(2,3)8-17/h7H,5-6,8H2,1-4H3,(H,18,19). The fourth-order valence-corrected chi connectivity index (χ4v) is 2.23. The Labute approximate surface area is 113 Å². The molecule has 0 aliphatic carbocycles. The number of hydrogen-bond acceptors (Lipinski definition) is 5. The second kappa shape index (κ2) is 4.77. The van der Waals surface area contributed by atoms with E-state index in [1.54, 1.807) is 6.92 Å². The number of piperazine rings is 1. The van der Waals surface area contributed by atoms with Crippen molar-refractivity contribution in [3.8, 4) is 0 Å². The van der Waals surface area contributed by atoms with Crippen LogP contribution in [-0.2, 0) is 0 Å². The summed E-state index contributed by atoms with van der Waals surface area (Å²) in [5.74, 6) is -0.369. The maximum Gasteiger partial charge on any atom is 0.339 e. The molecule has 2 heterocycles. The van der Waals surface area contributed by atoms with Crippen molar-refractivity contribution in [2.75, 3.05) is 31.6 Å². The van der Waals surface area contributed by atoms with E-state index >= 15 is 0 Å². The number of hydrogen-bond donors (Lipinski definition) is 1. The zero-order chi connectivity index (χ0) is 14.2. The minimum absolute atomic E-state index is 0.0565. The Kier molecular flexibility index (Phi) is 3.45. The van der Waals surface area contributed by atoms with E-state index in [1.807, 2.05) is 0 Å². The van der Waals surface area contributed by atoms with Crippen LogP contribution >= 0.6 is 0 Å². The summed E-state index contributed by atoms with van der Waals surface area (Å²) in [6, 6.07) is 0. The number of nitrogens with zero attached hydrogens (tertiary/aromatic N) is 4. The first kappa shape index (κ1) is 13.7. The van der Waals surface area contributed by atoms with Crippen molar-refractivity contribution in [3.05, 3.63) is 17.5 Å². The largest absolute Gasteiger partial charge is 0.478 e. The van der Waals surface area contributed by atoms with Crippen molar-refractivity contribution >= 4 is 11.9 Å². The molecule has 1 aliphatic heterocycles. The van der Waals surface area contributed by atoms with Crippen LogP contribution in [0.4, 0.5) is 5.95 Å². The van der Waals surface area contributed by atoms with Gasteiger partial charge in [-0.3, -0.25) is 4.90 Å². The van der Waals surface area contributed by atoms with E-state index in [1.165, 1.54) is 6.20 Å². The molecule has 1 aromatic rings. The highest BCUT2D eigenvalue weighted by Gasteiger charge is 2.32. The minimum Gasteiger partial charge on any atom is -0.478 e. The lowest BCUT2D eigenvalue weighted by Gasteiger charge is -2.45. The van der Waals surface area contributed by atoms with Gasteiger partial charge in [0.25, 0.3) is 0 Å². The molecule has 1 aliphatic rings. The topological polar surface area (TPSA) is 69.6 Å². The summed E-state index contributed by atoms with van der Waals surface area (Å²) in [7, 11) is 2.11. The van der Waals surface area contributed by atoms with Crippen LogP contribution < -0.4 is 4.90 Å². The molecule has 0 aromatic carbocycles. The number of carboxylic acids is 1. The van der Waals surface area contributed by atoms with Gasteiger partial charge in [0, 0.05) is 31.4 Å². The molecule has 104 valence electrons. The lowest BCUT2D eigenvalue weighted by atomic mass is 10.00. The van der Waals surface area contributed by atoms with Gasteiger partial charge in [-0.1, -0.05) is 0 Å². The van der Waals surface area contributed by atoms with Gasteiger partial charge in [0.1, 0.15) is 0 Å². The third-order valence-electron chi connectivity index (χ3n) is 3.80. The summed E-state index contributed by atoms with van der Waals surface area (Å²) in [5, 5.41) is 8.98. The van der Waals surface area contributed by atoms with E-state index in [4.69, 9.17) is 5.11 Å². The SMILES string of the molecule is Cc1nc(N2CCN(C)C(C)(C)C2)ncc1C(=O)O. The van der Waals surface area contributed by atoms with Gasteiger partial charge in [-0.05, 0) is 27.8 Å². The van der Waals surface area contributed by atoms with Gasteiger partial charge < -0.3 is 10.0 Å². The Balaban J connectivity index is 2.24. The van der Waals surface area contributed by atoms with Gasteiger partial charge in [0.2, 0.25) is 5.95 Å². The van der Waals surface area contributed by atoms with Gasteiger partial charge >= 0.3 is 5.97 Å². The van der Waals surface area contributed by atoms with Crippen molar-refractivity contribution in [1.29, 1.82) is 0 Å². The summed E-state index contributed by atoms with van der Waals surface area (Å²) in [6.45, 7) is 8.68. The number of aromatic nitrogens is 2. The van der Waals surface area contributed by atoms with Gasteiger partial charge in [-0.25, -0.2) is 14.8 Å². The van der Waals surface area contributed by atoms with Crippen molar-refractivity contribution < 1.29 is 9.90 Å². The third-order valence-corrected chi connectivity index (χ3v) is 3.80. The predicted molar refractivity (Wildman–Crippen MR) is 72.7 cm³/mol. The van der Waals surface area contributed by atoms with Crippen LogP contribution in [0.1, 0.15) is 29.9 Å². The smallest absolute Gasteiger partial charge is 0.339 e. The lowest BCUT2D eigenvalue weighted by molar-refractivity contribution is 0.0695. The average Bonchev–Trinajstić information content (AvgIpc) is 2.32. The molecule has 0 saturated carbocycles. The molecule has 0 spiro atoms. The number of aryl methyl sites for hydroxylation is 1. The van der Waals surface area contributed by atoms with Crippen molar-refractivity contribution in [2.45, 2.75) is 26.3 Å². The Morgan fingerprint density at radius 3 is 2.63 bits per heavy atom. The quantitative estimate of drug-likeness (QED) is 0.860. The van der Waals surface area contributed by atoms with E-state index in [-0.39, 0.29) is 11.1 Å². The number of carboxylic acid groups (broad SMARTS) is 1. The highest BCUT2D eigenvalue weighted by atomic mass is 16.4. The average molecular weight is 264 g/mol. The van der Waals surface area contributed by atoms with E-state index in [2.05, 4.69) is 40.7 Å². The molecule has 1 fully saturated rings. The molecule has 2 rings (SSSR count). The summed E-state index contributed by atoms with van der Waals surface area (Å²) < 4.78 is 0. The number of aromatic carboxylic acids is 1. The van der Waals surface area contributed by atoms with Crippen molar-refractivity contribution in [2.24, 2.45) is 0 Å². The van der Waals surface area contributed by atoms with Crippen LogP contribution in [0.25, 0.3) is 0 Å². The lowest BCUT2D eigenvalue weighted by Crippen LogP contribution is -2.58. The first-order valence-corrected chi connectivity index (χ1v) is 6.34. The Morgan fingerprint density at radius 2 is 2.11 bits per heavy atom. The summed E-state index contributed by atoms with van der Waals surface area (Å²) in [6.07, 6.45) is 1.39. The number of carbonyl (C=O) groups is 1. The summed E-state index contributed by atoms with van der Waals surface area (Å²) in [5.41, 5.74) is 0.729. The fourth-order valence-electron chi connectivity index (χ4n) is 2.23. The van der Waals surface area contributed by atoms with E-state index < -0.39 is 5.97 Å². The molecule has 0 unspecified atom stereocenters. The van der Waals surface area contributed by atoms with Gasteiger partial charge in [-0.15, -0.1) is 0 Å². The summed E-state index contributed by atoms with van der Waals surface area (Å²) in [4.78, 5) is 23.9. The third kappa shape index (κ3) is 2.68. The number of anilines is 1. The second-order valence-corrected chi connectivity index (χ2v) is 5.63. The Morgan fingerprint density at radius 1 is 1.42 bits per heavy atom. The van der Waals surface area contributed by atoms with Crippen LogP contribution in [0.2, 0.25) is 0 Å². The molecule has 1 saturated heterocycles. The van der Waals surface area contributed by atoms with E-state index in [0.29, 0.717) is 11.6 Å². The predicted octanol–water partition coefficient (Wildman–Crippen LogP) is 1.01. The van der Waals surface area contributed by atoms with Crippen LogP contribution in [0.5, 0.6) is 0 Å². The first-order chi connectivity index (χ1) is 8.81. The molecular weight excluding hydrogens is 244 g/mol. The van der Waals surface area contributed by atoms with Crippen LogP contribution in [0, 0.1) is 6.92 Å². The molecule has 1 aromatic heterocycles. The molecule has 19 heavy (non-hydrogen) atoms. The number of likely N-dealkylation sites (N-methyl/N-ethyl adjacent to an activating group) is 1. The van der Waals surface area contributed by atoms with Crippen molar-refractivity contribution in [3.63, 3.8) is 0 Å². The zero-order valence-corrected chi connectivity index (χ0v) is 11.8. The van der Waals surface area contributed by atoms with Crippen LogP contribution in [-0.4, -0.2) is 58.2 Å². The monoisotopic (exact) mass is 264 g/mol. The molecule has 1 N–H and O–H groups in total. The van der Waals surface area contributed by atoms with Gasteiger partial charge in [0.15, 0.2) is 0 Å². The van der Waals surface area contributed by atoms with Gasteiger partial charge in [-0.2, -0.15) is 0 Å². The number of rotatable bonds is 2. The normalized spacial score (nSPS) is 19.5. The van der Waals surface area contributed by atoms with Crippen LogP contribution in [0.3, 0.4) is 0 Å². The highest BCUT2D eigenvalue weighted by molar-refractivity contribution is 5.88. The molecule has 0 amide bonds. The molecule has 6 nitrogen and oxygen atoms in total. The van der Waals surface area contributed by atoms with Crippen LogP contribution in [0.15, 0.2) is 6.20 Å². The maximum atomic E-state index is 11.0. The molecule has 0 bridgehead atoms. The van der Waals surface area contributed by atoms with E-state index in [9.17, 15) is 4.79 Å². The second-order valence-electron chi connectivity index (χ2n) is 5.63. The highest BCUT2D eigenvalue weighted by Crippen LogP contribution is 2.22. The molecule has 0 radical (unpaired) electrons. The molecular formula is C13H20N4O2. The Bertz CT molecular complexity index is 501. The molecule has 0 atom stereocenters.